The van der Waals surface area contributed by atoms with Crippen LogP contribution in [0.15, 0.2) is 12.1 Å². The smallest absolute Gasteiger partial charge is 0.304 e. The first-order chi connectivity index (χ1) is 8.85. The van der Waals surface area contributed by atoms with Crippen LogP contribution in [0.2, 0.25) is 0 Å². The number of aliphatic carboxylic acids is 1. The first-order valence-corrected chi connectivity index (χ1v) is 6.03. The predicted octanol–water partition coefficient (Wildman–Crippen LogP) is 2.36. The van der Waals surface area contributed by atoms with Crippen LogP contribution in [0, 0.1) is 19.8 Å². The molecule has 0 aliphatic carbocycles. The van der Waals surface area contributed by atoms with Crippen molar-refractivity contribution in [2.75, 3.05) is 12.4 Å². The van der Waals surface area contributed by atoms with E-state index in [1.54, 1.807) is 6.92 Å². The molecule has 0 radical (unpaired) electrons. The van der Waals surface area contributed by atoms with Crippen LogP contribution in [0.4, 0.5) is 5.69 Å². The van der Waals surface area contributed by atoms with Gasteiger partial charge in [0.05, 0.1) is 19.2 Å². The molecule has 19 heavy (non-hydrogen) atoms. The first-order valence-electron chi connectivity index (χ1n) is 6.03. The molecule has 5 heteroatoms. The number of nitrogens with one attached hydrogen (secondary N) is 1. The van der Waals surface area contributed by atoms with Crippen molar-refractivity contribution in [2.45, 2.75) is 27.2 Å². The number of amides is 1. The summed E-state index contributed by atoms with van der Waals surface area (Å²) in [5.74, 6) is -1.33. The lowest BCUT2D eigenvalue weighted by atomic mass is 10.1. The van der Waals surface area contributed by atoms with E-state index in [1.165, 1.54) is 7.11 Å². The van der Waals surface area contributed by atoms with E-state index in [4.69, 9.17) is 9.84 Å². The maximum atomic E-state index is 11.9. The van der Waals surface area contributed by atoms with Gasteiger partial charge in [0.15, 0.2) is 0 Å². The SMILES string of the molecule is COc1cc(C)cc(C)c1NC(=O)C(C)CC(=O)O. The zero-order valence-electron chi connectivity index (χ0n) is 11.6. The Morgan fingerprint density at radius 3 is 2.53 bits per heavy atom. The second-order valence-electron chi connectivity index (χ2n) is 4.65. The van der Waals surface area contributed by atoms with Gasteiger partial charge in [-0.15, -0.1) is 0 Å². The Kier molecular flexibility index (Phi) is 4.92. The highest BCUT2D eigenvalue weighted by atomic mass is 16.5. The summed E-state index contributed by atoms with van der Waals surface area (Å²) >= 11 is 0. The minimum Gasteiger partial charge on any atom is -0.495 e. The molecule has 0 saturated heterocycles. The third-order valence-corrected chi connectivity index (χ3v) is 2.84. The number of carbonyl (C=O) groups excluding carboxylic acids is 1. The minimum atomic E-state index is -0.991. The number of hydrogen-bond donors (Lipinski definition) is 2. The van der Waals surface area contributed by atoms with Gasteiger partial charge in [-0.2, -0.15) is 0 Å². The second-order valence-corrected chi connectivity index (χ2v) is 4.65. The molecular weight excluding hydrogens is 246 g/mol. The van der Waals surface area contributed by atoms with Gasteiger partial charge in [0.25, 0.3) is 0 Å². The number of ether oxygens (including phenoxy) is 1. The average molecular weight is 265 g/mol. The van der Waals surface area contributed by atoms with Crippen molar-refractivity contribution in [2.24, 2.45) is 5.92 Å². The van der Waals surface area contributed by atoms with Crippen LogP contribution in [-0.2, 0) is 9.59 Å². The van der Waals surface area contributed by atoms with E-state index in [-0.39, 0.29) is 12.3 Å². The van der Waals surface area contributed by atoms with E-state index < -0.39 is 11.9 Å². The number of rotatable bonds is 5. The molecule has 1 rings (SSSR count). The van der Waals surface area contributed by atoms with Crippen molar-refractivity contribution in [3.05, 3.63) is 23.3 Å². The number of aryl methyl sites for hydroxylation is 2. The van der Waals surface area contributed by atoms with Gasteiger partial charge in [0.1, 0.15) is 5.75 Å². The Bertz CT molecular complexity index is 496. The van der Waals surface area contributed by atoms with Crippen LogP contribution in [0.1, 0.15) is 24.5 Å². The molecule has 1 aromatic carbocycles. The highest BCUT2D eigenvalue weighted by Crippen LogP contribution is 2.30. The molecule has 5 nitrogen and oxygen atoms in total. The minimum absolute atomic E-state index is 0.195. The summed E-state index contributed by atoms with van der Waals surface area (Å²) in [4.78, 5) is 22.5. The van der Waals surface area contributed by atoms with Gasteiger partial charge in [-0.1, -0.05) is 13.0 Å². The van der Waals surface area contributed by atoms with Gasteiger partial charge in [-0.05, 0) is 31.0 Å². The molecule has 1 unspecified atom stereocenters. The molecule has 0 aliphatic rings. The summed E-state index contributed by atoms with van der Waals surface area (Å²) in [6.07, 6.45) is -0.195. The molecule has 0 aromatic heterocycles. The summed E-state index contributed by atoms with van der Waals surface area (Å²) in [6.45, 7) is 5.39. The third kappa shape index (κ3) is 3.98. The topological polar surface area (TPSA) is 75.6 Å². The lowest BCUT2D eigenvalue weighted by molar-refractivity contribution is -0.139. The summed E-state index contributed by atoms with van der Waals surface area (Å²) in [5.41, 5.74) is 2.51. The molecule has 104 valence electrons. The van der Waals surface area contributed by atoms with Crippen molar-refractivity contribution >= 4 is 17.6 Å². The number of anilines is 1. The molecule has 0 fully saturated rings. The van der Waals surface area contributed by atoms with Crippen molar-refractivity contribution in [3.63, 3.8) is 0 Å². The molecule has 0 aliphatic heterocycles. The van der Waals surface area contributed by atoms with Crippen LogP contribution in [0.5, 0.6) is 5.75 Å². The van der Waals surface area contributed by atoms with E-state index in [9.17, 15) is 9.59 Å². The average Bonchev–Trinajstić information content (AvgIpc) is 2.30. The predicted molar refractivity (Wildman–Crippen MR) is 72.5 cm³/mol. The zero-order valence-corrected chi connectivity index (χ0v) is 11.6. The largest absolute Gasteiger partial charge is 0.495 e. The van der Waals surface area contributed by atoms with Gasteiger partial charge in [-0.3, -0.25) is 9.59 Å². The van der Waals surface area contributed by atoms with Crippen molar-refractivity contribution in [1.82, 2.24) is 0 Å². The van der Waals surface area contributed by atoms with Crippen LogP contribution in [0.25, 0.3) is 0 Å². The first kappa shape index (κ1) is 15.0. The fourth-order valence-corrected chi connectivity index (χ4v) is 1.85. The van der Waals surface area contributed by atoms with Gasteiger partial charge in [0.2, 0.25) is 5.91 Å². The maximum Gasteiger partial charge on any atom is 0.304 e. The van der Waals surface area contributed by atoms with Crippen LogP contribution >= 0.6 is 0 Å². The van der Waals surface area contributed by atoms with Crippen LogP contribution in [0.3, 0.4) is 0 Å². The highest BCUT2D eigenvalue weighted by molar-refractivity contribution is 5.96. The third-order valence-electron chi connectivity index (χ3n) is 2.84. The summed E-state index contributed by atoms with van der Waals surface area (Å²) < 4.78 is 5.24. The number of carboxylic acid groups (broad SMARTS) is 1. The lowest BCUT2D eigenvalue weighted by Crippen LogP contribution is -2.23. The lowest BCUT2D eigenvalue weighted by Gasteiger charge is -2.16. The number of benzene rings is 1. The van der Waals surface area contributed by atoms with Crippen molar-refractivity contribution in [1.29, 1.82) is 0 Å². The molecule has 0 saturated carbocycles. The monoisotopic (exact) mass is 265 g/mol. The second kappa shape index (κ2) is 6.22. The molecule has 1 aromatic rings. The van der Waals surface area contributed by atoms with E-state index in [0.29, 0.717) is 11.4 Å². The molecule has 0 bridgehead atoms. The Labute approximate surface area is 112 Å². The Hall–Kier alpha value is -2.04. The van der Waals surface area contributed by atoms with Crippen LogP contribution in [-0.4, -0.2) is 24.1 Å². The van der Waals surface area contributed by atoms with E-state index in [1.807, 2.05) is 26.0 Å². The van der Waals surface area contributed by atoms with E-state index in [2.05, 4.69) is 5.32 Å². The number of methoxy groups -OCH3 is 1. The fourth-order valence-electron chi connectivity index (χ4n) is 1.85. The Morgan fingerprint density at radius 2 is 2.00 bits per heavy atom. The molecule has 2 N–H and O–H groups in total. The normalized spacial score (nSPS) is 11.8. The highest BCUT2D eigenvalue weighted by Gasteiger charge is 2.19. The molecule has 0 spiro atoms. The standard InChI is InChI=1S/C14H19NO4/c1-8-5-9(2)13(11(6-8)19-4)15-14(18)10(3)7-12(16)17/h5-6,10H,7H2,1-4H3,(H,15,18)(H,16,17). The Morgan fingerprint density at radius 1 is 1.37 bits per heavy atom. The van der Waals surface area contributed by atoms with Gasteiger partial charge in [0, 0.05) is 5.92 Å². The number of carboxylic acids is 1. The quantitative estimate of drug-likeness (QED) is 0.857. The summed E-state index contributed by atoms with van der Waals surface area (Å²) in [6, 6.07) is 3.75. The summed E-state index contributed by atoms with van der Waals surface area (Å²) in [7, 11) is 1.53. The van der Waals surface area contributed by atoms with E-state index in [0.717, 1.165) is 11.1 Å². The van der Waals surface area contributed by atoms with Crippen molar-refractivity contribution in [3.8, 4) is 5.75 Å². The Balaban J connectivity index is 2.93. The zero-order chi connectivity index (χ0) is 14.6. The molecule has 1 atom stereocenters. The number of carbonyl (C=O) groups is 2. The summed E-state index contributed by atoms with van der Waals surface area (Å²) in [5, 5.41) is 11.4. The van der Waals surface area contributed by atoms with Gasteiger partial charge >= 0.3 is 5.97 Å². The molecular formula is C14H19NO4. The molecule has 0 heterocycles. The van der Waals surface area contributed by atoms with Gasteiger partial charge in [-0.25, -0.2) is 0 Å². The van der Waals surface area contributed by atoms with Crippen molar-refractivity contribution < 1.29 is 19.4 Å². The van der Waals surface area contributed by atoms with Gasteiger partial charge < -0.3 is 15.2 Å². The van der Waals surface area contributed by atoms with E-state index >= 15 is 0 Å². The maximum absolute atomic E-state index is 11.9. The number of hydrogen-bond acceptors (Lipinski definition) is 3. The fraction of sp³-hybridized carbons (Fsp3) is 0.429. The van der Waals surface area contributed by atoms with Crippen LogP contribution < -0.4 is 10.1 Å². The molecule has 1 amide bonds.